The third-order valence-electron chi connectivity index (χ3n) is 0.741. The summed E-state index contributed by atoms with van der Waals surface area (Å²) in [6, 6.07) is 0. The molecule has 0 aliphatic heterocycles. The van der Waals surface area contributed by atoms with Crippen molar-refractivity contribution in [2.24, 2.45) is 0 Å². The molecule has 0 heterocycles. The summed E-state index contributed by atoms with van der Waals surface area (Å²) in [6.45, 7) is 3.77. The summed E-state index contributed by atoms with van der Waals surface area (Å²) in [5.41, 5.74) is 0. The quantitative estimate of drug-likeness (QED) is 0.329. The molecule has 1 atom stereocenters. The molecule has 0 spiro atoms. The maximum atomic E-state index is 10.5. The van der Waals surface area contributed by atoms with Crippen molar-refractivity contribution < 1.29 is 9.53 Å². The zero-order valence-electron chi connectivity index (χ0n) is 5.35. The van der Waals surface area contributed by atoms with Crippen LogP contribution in [0.25, 0.3) is 0 Å². The lowest BCUT2D eigenvalue weighted by Gasteiger charge is -2.04. The number of esters is 1. The second-order valence-corrected chi connectivity index (χ2v) is 4.23. The van der Waals surface area contributed by atoms with Crippen LogP contribution in [-0.2, 0) is 9.53 Å². The first kappa shape index (κ1) is 10.7. The number of halogens is 2. The van der Waals surface area contributed by atoms with E-state index < -0.39 is 0 Å². The maximum absolute atomic E-state index is 10.5. The van der Waals surface area contributed by atoms with Crippen LogP contribution in [0, 0.1) is 0 Å². The number of carbonyl (C=O) groups excluding carboxylic acids is 1. The van der Waals surface area contributed by atoms with E-state index in [4.69, 9.17) is 4.74 Å². The highest BCUT2D eigenvalue weighted by molar-refractivity contribution is 14.1. The lowest BCUT2D eigenvalue weighted by molar-refractivity contribution is -0.137. The standard InChI is InChI=1S/C6H8I2O2/c1-2-6(9)10-4-5(8)3-7/h2,5H,1,3-4H2. The van der Waals surface area contributed by atoms with E-state index in [1.165, 1.54) is 6.08 Å². The van der Waals surface area contributed by atoms with E-state index in [0.29, 0.717) is 10.5 Å². The average molecular weight is 366 g/mol. The van der Waals surface area contributed by atoms with Gasteiger partial charge in [0.1, 0.15) is 6.61 Å². The molecular weight excluding hydrogens is 358 g/mol. The molecule has 0 N–H and O–H groups in total. The second-order valence-electron chi connectivity index (χ2n) is 1.59. The van der Waals surface area contributed by atoms with Crippen LogP contribution >= 0.6 is 45.2 Å². The summed E-state index contributed by atoms with van der Waals surface area (Å²) in [7, 11) is 0. The van der Waals surface area contributed by atoms with Crippen LogP contribution < -0.4 is 0 Å². The maximum Gasteiger partial charge on any atom is 0.330 e. The van der Waals surface area contributed by atoms with Crippen molar-refractivity contribution in [2.45, 2.75) is 3.92 Å². The number of ether oxygens (including phenoxy) is 1. The number of carbonyl (C=O) groups is 1. The molecule has 1 unspecified atom stereocenters. The van der Waals surface area contributed by atoms with Crippen LogP contribution in [0.5, 0.6) is 0 Å². The van der Waals surface area contributed by atoms with E-state index in [9.17, 15) is 4.79 Å². The molecule has 0 saturated heterocycles. The fourth-order valence-electron chi connectivity index (χ4n) is 0.276. The predicted molar refractivity (Wildman–Crippen MR) is 57.9 cm³/mol. The van der Waals surface area contributed by atoms with Gasteiger partial charge in [-0.25, -0.2) is 4.79 Å². The van der Waals surface area contributed by atoms with Crippen molar-refractivity contribution in [3.05, 3.63) is 12.7 Å². The largest absolute Gasteiger partial charge is 0.461 e. The minimum absolute atomic E-state index is 0.341. The van der Waals surface area contributed by atoms with Crippen molar-refractivity contribution >= 4 is 51.2 Å². The Morgan fingerprint density at radius 2 is 2.40 bits per heavy atom. The minimum Gasteiger partial charge on any atom is -0.461 e. The SMILES string of the molecule is C=CC(=O)OCC(I)CI. The van der Waals surface area contributed by atoms with Crippen LogP contribution in [0.1, 0.15) is 0 Å². The van der Waals surface area contributed by atoms with Gasteiger partial charge in [0, 0.05) is 10.5 Å². The van der Waals surface area contributed by atoms with E-state index in [0.717, 1.165) is 4.43 Å². The van der Waals surface area contributed by atoms with E-state index in [1.54, 1.807) is 0 Å². The van der Waals surface area contributed by atoms with E-state index in [1.807, 2.05) is 0 Å². The summed E-state index contributed by atoms with van der Waals surface area (Å²) in [5, 5.41) is 0. The third-order valence-corrected chi connectivity index (χ3v) is 4.29. The Hall–Kier alpha value is 0.670. The Morgan fingerprint density at radius 1 is 1.80 bits per heavy atom. The molecule has 0 saturated carbocycles. The number of alkyl halides is 2. The number of hydrogen-bond donors (Lipinski definition) is 0. The molecule has 58 valence electrons. The fourth-order valence-corrected chi connectivity index (χ4v) is 0.710. The van der Waals surface area contributed by atoms with Gasteiger partial charge in [-0.2, -0.15) is 0 Å². The van der Waals surface area contributed by atoms with E-state index >= 15 is 0 Å². The number of rotatable bonds is 4. The highest BCUT2D eigenvalue weighted by Crippen LogP contribution is 2.04. The van der Waals surface area contributed by atoms with Gasteiger partial charge >= 0.3 is 5.97 Å². The molecule has 10 heavy (non-hydrogen) atoms. The van der Waals surface area contributed by atoms with Gasteiger partial charge in [-0.05, 0) is 0 Å². The van der Waals surface area contributed by atoms with Gasteiger partial charge in [-0.3, -0.25) is 0 Å². The molecule has 0 rings (SSSR count). The number of hydrogen-bond acceptors (Lipinski definition) is 2. The molecular formula is C6H8I2O2. The normalized spacial score (nSPS) is 12.2. The van der Waals surface area contributed by atoms with Gasteiger partial charge in [0.05, 0.1) is 3.92 Å². The van der Waals surface area contributed by atoms with Gasteiger partial charge in [0.25, 0.3) is 0 Å². The average Bonchev–Trinajstić information content (AvgIpc) is 1.99. The first-order chi connectivity index (χ1) is 4.70. The lowest BCUT2D eigenvalue weighted by atomic mass is 10.5. The highest BCUT2D eigenvalue weighted by atomic mass is 127. The van der Waals surface area contributed by atoms with Crippen molar-refractivity contribution in [3.63, 3.8) is 0 Å². The molecule has 0 aromatic carbocycles. The van der Waals surface area contributed by atoms with Gasteiger partial charge < -0.3 is 4.74 Å². The molecule has 0 amide bonds. The topological polar surface area (TPSA) is 26.3 Å². The fraction of sp³-hybridized carbons (Fsp3) is 0.500. The Labute approximate surface area is 87.7 Å². The minimum atomic E-state index is -0.341. The predicted octanol–water partition coefficient (Wildman–Crippen LogP) is 1.95. The van der Waals surface area contributed by atoms with Crippen LogP contribution in [-0.4, -0.2) is 20.9 Å². The zero-order chi connectivity index (χ0) is 7.98. The lowest BCUT2D eigenvalue weighted by Crippen LogP contribution is -2.12. The van der Waals surface area contributed by atoms with Crippen LogP contribution in [0.3, 0.4) is 0 Å². The molecule has 0 aliphatic carbocycles. The third kappa shape index (κ3) is 5.45. The Morgan fingerprint density at radius 3 is 2.80 bits per heavy atom. The summed E-state index contributed by atoms with van der Waals surface area (Å²) < 4.78 is 6.17. The van der Waals surface area contributed by atoms with Gasteiger partial charge in [0.15, 0.2) is 0 Å². The molecule has 2 nitrogen and oxygen atoms in total. The van der Waals surface area contributed by atoms with Crippen LogP contribution in [0.4, 0.5) is 0 Å². The van der Waals surface area contributed by atoms with E-state index in [2.05, 4.69) is 51.8 Å². The summed E-state index contributed by atoms with van der Waals surface area (Å²) in [5.74, 6) is -0.341. The van der Waals surface area contributed by atoms with Crippen LogP contribution in [0.2, 0.25) is 0 Å². The summed E-state index contributed by atoms with van der Waals surface area (Å²) in [6.07, 6.45) is 1.18. The van der Waals surface area contributed by atoms with Crippen molar-refractivity contribution in [3.8, 4) is 0 Å². The van der Waals surface area contributed by atoms with Gasteiger partial charge in [-0.1, -0.05) is 51.8 Å². The molecule has 4 heteroatoms. The summed E-state index contributed by atoms with van der Waals surface area (Å²) in [4.78, 5) is 10.5. The Kier molecular flexibility index (Phi) is 6.81. The molecule has 0 fully saturated rings. The summed E-state index contributed by atoms with van der Waals surface area (Å²) >= 11 is 4.48. The van der Waals surface area contributed by atoms with E-state index in [-0.39, 0.29) is 5.97 Å². The van der Waals surface area contributed by atoms with Crippen LogP contribution in [0.15, 0.2) is 12.7 Å². The highest BCUT2D eigenvalue weighted by Gasteiger charge is 2.03. The zero-order valence-corrected chi connectivity index (χ0v) is 9.66. The second kappa shape index (κ2) is 6.38. The Bertz CT molecular complexity index is 125. The molecule has 0 aromatic rings. The van der Waals surface area contributed by atoms with Crippen molar-refractivity contribution in [2.75, 3.05) is 11.0 Å². The Balaban J connectivity index is 3.34. The molecule has 0 bridgehead atoms. The smallest absolute Gasteiger partial charge is 0.330 e. The molecule has 0 aliphatic rings. The van der Waals surface area contributed by atoms with Gasteiger partial charge in [-0.15, -0.1) is 0 Å². The van der Waals surface area contributed by atoms with Crippen molar-refractivity contribution in [1.29, 1.82) is 0 Å². The molecule has 0 aromatic heterocycles. The molecule has 0 radical (unpaired) electrons. The van der Waals surface area contributed by atoms with Gasteiger partial charge in [0.2, 0.25) is 0 Å². The monoisotopic (exact) mass is 366 g/mol. The first-order valence-electron chi connectivity index (χ1n) is 2.70. The van der Waals surface area contributed by atoms with Crippen molar-refractivity contribution in [1.82, 2.24) is 0 Å². The first-order valence-corrected chi connectivity index (χ1v) is 5.47.